The molecule has 1 aliphatic carbocycles. The Morgan fingerprint density at radius 2 is 1.77 bits per heavy atom. The highest BCUT2D eigenvalue weighted by Crippen LogP contribution is 2.32. The van der Waals surface area contributed by atoms with Gasteiger partial charge in [0, 0.05) is 32.7 Å². The van der Waals surface area contributed by atoms with Gasteiger partial charge >= 0.3 is 0 Å². The lowest BCUT2D eigenvalue weighted by Crippen LogP contribution is -2.46. The lowest BCUT2D eigenvalue weighted by molar-refractivity contribution is -0.312. The van der Waals surface area contributed by atoms with Crippen molar-refractivity contribution in [1.82, 2.24) is 10.2 Å². The molecule has 0 radical (unpaired) electrons. The Bertz CT molecular complexity index is 693. The second kappa shape index (κ2) is 9.36. The van der Waals surface area contributed by atoms with Gasteiger partial charge in [-0.1, -0.05) is 53.6 Å². The molecule has 0 amide bonds. The van der Waals surface area contributed by atoms with Gasteiger partial charge < -0.3 is 15.3 Å². The van der Waals surface area contributed by atoms with Crippen LogP contribution in [0.3, 0.4) is 0 Å². The van der Waals surface area contributed by atoms with Crippen LogP contribution in [0.2, 0.25) is 10.0 Å². The van der Waals surface area contributed by atoms with E-state index in [1.165, 1.54) is 0 Å². The summed E-state index contributed by atoms with van der Waals surface area (Å²) in [5, 5.41) is 16.1. The van der Waals surface area contributed by atoms with E-state index in [0.717, 1.165) is 63.4 Å². The maximum Gasteiger partial charge on any atom is 0.0825 e. The first-order valence-electron chi connectivity index (χ1n) is 9.06. The minimum atomic E-state index is 0.0158. The van der Waals surface area contributed by atoms with E-state index < -0.39 is 0 Å². The average molecular weight is 393 g/mol. The summed E-state index contributed by atoms with van der Waals surface area (Å²) in [6.07, 6.45) is 9.50. The number of benzene rings is 1. The van der Waals surface area contributed by atoms with E-state index in [2.05, 4.69) is 15.1 Å². The van der Waals surface area contributed by atoms with Crippen LogP contribution in [0, 0.1) is 0 Å². The van der Waals surface area contributed by atoms with Crippen molar-refractivity contribution in [3.8, 4) is 0 Å². The third-order valence-electron chi connectivity index (χ3n) is 4.76. The van der Waals surface area contributed by atoms with Gasteiger partial charge in [0.15, 0.2) is 0 Å². The first-order chi connectivity index (χ1) is 12.6. The molecule has 1 aromatic carbocycles. The van der Waals surface area contributed by atoms with Crippen molar-refractivity contribution in [2.45, 2.75) is 12.8 Å². The van der Waals surface area contributed by atoms with Crippen molar-refractivity contribution in [1.29, 1.82) is 0 Å². The normalized spacial score (nSPS) is 17.2. The number of halogens is 2. The SMILES string of the molecule is [O-]C(NCCCCN1CCN(c2cccc(Cl)c2Cl)CC1)=C1C=CC=C1. The zero-order chi connectivity index (χ0) is 18.4. The highest BCUT2D eigenvalue weighted by atomic mass is 35.5. The van der Waals surface area contributed by atoms with Crippen LogP contribution >= 0.6 is 23.2 Å². The summed E-state index contributed by atoms with van der Waals surface area (Å²) in [5.74, 6) is 0.0158. The van der Waals surface area contributed by atoms with Crippen molar-refractivity contribution in [3.63, 3.8) is 0 Å². The van der Waals surface area contributed by atoms with Gasteiger partial charge in [-0.25, -0.2) is 0 Å². The quantitative estimate of drug-likeness (QED) is 0.571. The second-order valence-electron chi connectivity index (χ2n) is 6.54. The smallest absolute Gasteiger partial charge is 0.0825 e. The topological polar surface area (TPSA) is 41.6 Å². The first kappa shape index (κ1) is 19.2. The largest absolute Gasteiger partial charge is 0.860 e. The molecule has 1 saturated heterocycles. The summed E-state index contributed by atoms with van der Waals surface area (Å²) < 4.78 is 0. The number of allylic oxidation sites excluding steroid dienone is 5. The second-order valence-corrected chi connectivity index (χ2v) is 7.32. The fourth-order valence-electron chi connectivity index (χ4n) is 3.24. The molecule has 1 heterocycles. The zero-order valence-corrected chi connectivity index (χ0v) is 16.3. The van der Waals surface area contributed by atoms with E-state index >= 15 is 0 Å². The molecule has 1 aromatic rings. The molecular weight excluding hydrogens is 369 g/mol. The Hall–Kier alpha value is -1.62. The van der Waals surface area contributed by atoms with Crippen LogP contribution < -0.4 is 15.3 Å². The first-order valence-corrected chi connectivity index (χ1v) is 9.82. The molecule has 140 valence electrons. The van der Waals surface area contributed by atoms with Crippen LogP contribution in [-0.4, -0.2) is 44.2 Å². The van der Waals surface area contributed by atoms with Gasteiger partial charge in [0.05, 0.1) is 15.7 Å². The van der Waals surface area contributed by atoms with E-state index in [1.807, 2.05) is 42.5 Å². The standard InChI is InChI=1S/C20H25Cl2N3O/c21-17-8-5-9-18(19(17)22)25-14-12-24(13-15-25)11-4-3-10-23-20(26)16-6-1-2-7-16/h1-2,5-9,23,26H,3-4,10-15H2/p-1. The molecule has 6 heteroatoms. The zero-order valence-electron chi connectivity index (χ0n) is 14.8. The van der Waals surface area contributed by atoms with Gasteiger partial charge in [-0.2, -0.15) is 0 Å². The predicted octanol–water partition coefficient (Wildman–Crippen LogP) is 3.18. The van der Waals surface area contributed by atoms with E-state index in [1.54, 1.807) is 0 Å². The van der Waals surface area contributed by atoms with E-state index in [4.69, 9.17) is 23.2 Å². The Morgan fingerprint density at radius 3 is 2.50 bits per heavy atom. The monoisotopic (exact) mass is 392 g/mol. The Labute approximate surface area is 165 Å². The molecule has 0 bridgehead atoms. The minimum Gasteiger partial charge on any atom is -0.860 e. The highest BCUT2D eigenvalue weighted by molar-refractivity contribution is 6.43. The highest BCUT2D eigenvalue weighted by Gasteiger charge is 2.19. The molecule has 0 aromatic heterocycles. The van der Waals surface area contributed by atoms with Gasteiger partial charge in [0.1, 0.15) is 0 Å². The van der Waals surface area contributed by atoms with Crippen molar-refractivity contribution < 1.29 is 5.11 Å². The summed E-state index contributed by atoms with van der Waals surface area (Å²) in [6, 6.07) is 5.79. The Kier molecular flexibility index (Phi) is 6.89. The van der Waals surface area contributed by atoms with Crippen LogP contribution in [0.1, 0.15) is 12.8 Å². The lowest BCUT2D eigenvalue weighted by atomic mass is 10.2. The summed E-state index contributed by atoms with van der Waals surface area (Å²) in [4.78, 5) is 4.76. The number of rotatable bonds is 7. The van der Waals surface area contributed by atoms with Gasteiger partial charge in [-0.15, -0.1) is 0 Å². The number of nitrogens with zero attached hydrogens (tertiary/aromatic N) is 2. The summed E-state index contributed by atoms with van der Waals surface area (Å²) >= 11 is 12.4. The number of hydrogen-bond donors (Lipinski definition) is 1. The number of nitrogens with one attached hydrogen (secondary N) is 1. The number of unbranched alkanes of at least 4 members (excludes halogenated alkanes) is 1. The van der Waals surface area contributed by atoms with Crippen molar-refractivity contribution in [2.75, 3.05) is 44.2 Å². The van der Waals surface area contributed by atoms with Gasteiger partial charge in [-0.05, 0) is 43.0 Å². The fraction of sp³-hybridized carbons (Fsp3) is 0.400. The fourth-order valence-corrected chi connectivity index (χ4v) is 3.65. The summed E-state index contributed by atoms with van der Waals surface area (Å²) in [6.45, 7) is 5.72. The Balaban J connectivity index is 1.34. The van der Waals surface area contributed by atoms with E-state index in [0.29, 0.717) is 10.0 Å². The van der Waals surface area contributed by atoms with E-state index in [-0.39, 0.29) is 5.88 Å². The molecule has 0 saturated carbocycles. The maximum atomic E-state index is 11.8. The molecule has 0 spiro atoms. The van der Waals surface area contributed by atoms with Gasteiger partial charge in [-0.3, -0.25) is 4.90 Å². The summed E-state index contributed by atoms with van der Waals surface area (Å²) in [5.41, 5.74) is 1.76. The molecule has 4 nitrogen and oxygen atoms in total. The molecule has 1 aliphatic heterocycles. The van der Waals surface area contributed by atoms with Gasteiger partial charge in [0.25, 0.3) is 0 Å². The van der Waals surface area contributed by atoms with Crippen LogP contribution in [0.5, 0.6) is 0 Å². The van der Waals surface area contributed by atoms with Crippen LogP contribution in [0.4, 0.5) is 5.69 Å². The number of anilines is 1. The van der Waals surface area contributed by atoms with Crippen LogP contribution in [0.15, 0.2) is 54.0 Å². The summed E-state index contributed by atoms with van der Waals surface area (Å²) in [7, 11) is 0. The third-order valence-corrected chi connectivity index (χ3v) is 5.56. The van der Waals surface area contributed by atoms with Crippen LogP contribution in [0.25, 0.3) is 0 Å². The van der Waals surface area contributed by atoms with Crippen LogP contribution in [-0.2, 0) is 0 Å². The van der Waals surface area contributed by atoms with Crippen molar-refractivity contribution in [3.05, 3.63) is 64.0 Å². The van der Waals surface area contributed by atoms with Crippen molar-refractivity contribution >= 4 is 28.9 Å². The van der Waals surface area contributed by atoms with Crippen molar-refractivity contribution in [2.24, 2.45) is 0 Å². The Morgan fingerprint density at radius 1 is 1.04 bits per heavy atom. The molecule has 0 unspecified atom stereocenters. The average Bonchev–Trinajstić information content (AvgIpc) is 3.19. The number of hydrogen-bond acceptors (Lipinski definition) is 4. The molecule has 26 heavy (non-hydrogen) atoms. The minimum absolute atomic E-state index is 0.0158. The molecule has 1 N–H and O–H groups in total. The third kappa shape index (κ3) is 4.97. The molecular formula is C20H24Cl2N3O-. The lowest BCUT2D eigenvalue weighted by Gasteiger charge is -2.36. The molecule has 0 atom stereocenters. The molecule has 1 fully saturated rings. The van der Waals surface area contributed by atoms with E-state index in [9.17, 15) is 5.11 Å². The predicted molar refractivity (Wildman–Crippen MR) is 108 cm³/mol. The molecule has 2 aliphatic rings. The van der Waals surface area contributed by atoms with Gasteiger partial charge in [0.2, 0.25) is 0 Å². The molecule has 3 rings (SSSR count). The maximum absolute atomic E-state index is 11.8. The number of piperazine rings is 1.